The van der Waals surface area contributed by atoms with Gasteiger partial charge in [0.25, 0.3) is 0 Å². The number of amides is 2. The average molecular weight is 1210 g/mol. The standard InChI is InChI=1S/C26H42N2O37S5.C3H5NO/c1-4(30)27-7-9(31)13(6(56-23(7)39)3-55-67(43,44)45)58-26-19(65-70(52,53)54)12(34)16(20(62-26)22(37)38)60-24-8(28-66(40,41)42)15(63-68(46,47)48)14(5(2-29)57-24)59-25-18(64-69(49,50)51)11(33)10(32)17(61-25)21(35)36;1-2-3(4)5/h5-20,23-26,28-29,31-34,39H,2-3H2,1H3,(H,27,30)(H,35,36)(H,37,38)(H,40,41,42)(H,43,44,45)(H,46,47,48)(H,49,50,51)(H,52,53,54);2H,1H2,(H2,4,5)/t5-,6+,7-,8-,9-,10-,11-,12+,13-,14-,15-,16+,17-,18+,19-,20+,23-,24+,25+,26-;/m1./s1. The third-order valence-corrected chi connectivity index (χ3v) is 12.3. The second-order valence-corrected chi connectivity index (χ2v) is 20.6. The number of primary amides is 1. The third-order valence-electron chi connectivity index (χ3n) is 9.88. The number of carboxylic acid groups (broad SMARTS) is 2. The minimum absolute atomic E-state index is 0.481. The molecule has 436 valence electrons. The average Bonchev–Trinajstić information content (AvgIpc) is 3.23. The van der Waals surface area contributed by atoms with Crippen molar-refractivity contribution in [3.63, 3.8) is 0 Å². The van der Waals surface area contributed by atoms with Crippen LogP contribution in [0.3, 0.4) is 0 Å². The Kier molecular flexibility index (Phi) is 22.7. The van der Waals surface area contributed by atoms with Crippen molar-refractivity contribution in [1.82, 2.24) is 10.0 Å². The summed E-state index contributed by atoms with van der Waals surface area (Å²) in [5.74, 6) is -5.97. The molecule has 0 saturated carbocycles. The van der Waals surface area contributed by atoms with E-state index in [2.05, 4.69) is 29.0 Å². The second-order valence-electron chi connectivity index (χ2n) is 15.2. The van der Waals surface area contributed by atoms with Crippen molar-refractivity contribution in [2.75, 3.05) is 13.2 Å². The van der Waals surface area contributed by atoms with Crippen LogP contribution in [0.1, 0.15) is 6.92 Å². The van der Waals surface area contributed by atoms with Crippen molar-refractivity contribution in [2.24, 2.45) is 5.73 Å². The van der Waals surface area contributed by atoms with Crippen molar-refractivity contribution in [3.8, 4) is 0 Å². The Morgan fingerprint density at radius 3 is 1.45 bits per heavy atom. The largest absolute Gasteiger partial charge is 0.479 e. The molecule has 2 amide bonds. The number of nitrogens with two attached hydrogens (primary N) is 1. The lowest BCUT2D eigenvalue weighted by molar-refractivity contribution is -0.366. The molecule has 17 N–H and O–H groups in total. The fourth-order valence-electron chi connectivity index (χ4n) is 7.05. The zero-order valence-electron chi connectivity index (χ0n) is 36.9. The Bertz CT molecular complexity index is 2610. The molecule has 4 aliphatic heterocycles. The predicted octanol–water partition coefficient (Wildman–Crippen LogP) is -11.1. The van der Waals surface area contributed by atoms with Gasteiger partial charge >= 0.3 is 63.8 Å². The summed E-state index contributed by atoms with van der Waals surface area (Å²) in [5, 5.41) is 86.0. The molecule has 0 aromatic heterocycles. The molecule has 0 aliphatic carbocycles. The lowest BCUT2D eigenvalue weighted by Crippen LogP contribution is -2.71. The maximum absolute atomic E-state index is 12.7. The SMILES string of the molecule is C=CC(N)=O.CC(=O)N[C@@H]1[C@@H](O)[C@H](O[C@@H]2O[C@H](C(=O)O)[C@@H](O[C@@H]3O[C@H](CO)[C@@H](O[C@H]4O[C@@H](C(=O)O)[C@H](O)[C@@H](O)[C@@H]4OS(=O)(=O)O)[C@H](OS(=O)(=O)O)[C@H]3NS(=O)(=O)O)[C@H](O)[C@H]2OS(=O)(=O)O)[C@H](COS(=O)(=O)O)O[C@H]1O. The van der Waals surface area contributed by atoms with Gasteiger partial charge in [0.1, 0.15) is 73.1 Å². The molecule has 41 nitrogen and oxygen atoms in total. The number of carboxylic acids is 2. The third kappa shape index (κ3) is 19.4. The fourth-order valence-corrected chi connectivity index (χ4v) is 9.43. The maximum Gasteiger partial charge on any atom is 0.397 e. The molecule has 4 saturated heterocycles. The summed E-state index contributed by atoms with van der Waals surface area (Å²) in [6.07, 6.45) is -48.0. The Balaban J connectivity index is 0.00000282. The summed E-state index contributed by atoms with van der Waals surface area (Å²) >= 11 is 0. The first-order valence-electron chi connectivity index (χ1n) is 19.7. The zero-order chi connectivity index (χ0) is 57.7. The van der Waals surface area contributed by atoms with Gasteiger partial charge in [-0.2, -0.15) is 46.8 Å². The molecule has 0 radical (unpaired) electrons. The van der Waals surface area contributed by atoms with Crippen molar-refractivity contribution in [2.45, 2.75) is 130 Å². The molecule has 0 spiro atoms. The number of hydrogen-bond acceptors (Lipinski definition) is 31. The van der Waals surface area contributed by atoms with Crippen LogP contribution in [0.5, 0.6) is 0 Å². The van der Waals surface area contributed by atoms with Gasteiger partial charge < -0.3 is 85.1 Å². The van der Waals surface area contributed by atoms with E-state index in [4.69, 9.17) is 37.7 Å². The first-order chi connectivity index (χ1) is 34.1. The molecule has 0 bridgehead atoms. The van der Waals surface area contributed by atoms with Gasteiger partial charge in [-0.1, -0.05) is 6.58 Å². The highest BCUT2D eigenvalue weighted by molar-refractivity contribution is 7.83. The molecular formula is C29H47N3O38S5. The Labute approximate surface area is 420 Å². The number of carbonyl (C=O) groups is 4. The molecule has 0 unspecified atom stereocenters. The van der Waals surface area contributed by atoms with E-state index in [0.29, 0.717) is 0 Å². The van der Waals surface area contributed by atoms with E-state index in [9.17, 15) is 120 Å². The van der Waals surface area contributed by atoms with Gasteiger partial charge in [0.15, 0.2) is 49.6 Å². The van der Waals surface area contributed by atoms with Gasteiger partial charge in [-0.25, -0.2) is 26.3 Å². The van der Waals surface area contributed by atoms with Crippen LogP contribution in [-0.2, 0) is 121 Å². The first kappa shape index (κ1) is 65.7. The van der Waals surface area contributed by atoms with E-state index in [0.717, 1.165) is 13.0 Å². The van der Waals surface area contributed by atoms with E-state index in [1.807, 2.05) is 5.32 Å². The van der Waals surface area contributed by atoms with Gasteiger partial charge in [-0.15, -0.1) is 0 Å². The van der Waals surface area contributed by atoms with E-state index in [-0.39, 0.29) is 0 Å². The molecule has 0 aromatic carbocycles. The number of rotatable bonds is 22. The first-order valence-corrected chi connectivity index (χ1v) is 26.6. The molecule has 0 aromatic rings. The fraction of sp³-hybridized carbons (Fsp3) is 0.793. The lowest BCUT2D eigenvalue weighted by Gasteiger charge is -2.50. The topological polar surface area (TPSA) is 654 Å². The molecule has 20 atom stereocenters. The van der Waals surface area contributed by atoms with Gasteiger partial charge in [-0.3, -0.25) is 32.4 Å². The highest BCUT2D eigenvalue weighted by Crippen LogP contribution is 2.37. The van der Waals surface area contributed by atoms with E-state index in [1.54, 1.807) is 0 Å². The summed E-state index contributed by atoms with van der Waals surface area (Å²) in [6, 6.07) is -4.96. The molecular weight excluding hydrogens is 1160 g/mol. The Hall–Kier alpha value is -3.55. The number of ether oxygens (including phenoxy) is 7. The van der Waals surface area contributed by atoms with Crippen molar-refractivity contribution < 1.29 is 175 Å². The molecule has 4 heterocycles. The molecule has 4 rings (SSSR count). The number of carbonyl (C=O) groups excluding carboxylic acids is 2. The van der Waals surface area contributed by atoms with Crippen LogP contribution in [0.4, 0.5) is 0 Å². The number of aliphatic carboxylic acids is 2. The van der Waals surface area contributed by atoms with E-state index >= 15 is 0 Å². The molecule has 46 heteroatoms. The van der Waals surface area contributed by atoms with Crippen molar-refractivity contribution in [3.05, 3.63) is 12.7 Å². The summed E-state index contributed by atoms with van der Waals surface area (Å²) in [5.41, 5.74) is 4.53. The number of nitrogens with one attached hydrogen (secondary N) is 2. The van der Waals surface area contributed by atoms with Crippen molar-refractivity contribution >= 4 is 75.7 Å². The van der Waals surface area contributed by atoms with Crippen LogP contribution in [0, 0.1) is 0 Å². The Morgan fingerprint density at radius 2 is 1.03 bits per heavy atom. The van der Waals surface area contributed by atoms with Crippen LogP contribution < -0.4 is 15.8 Å². The van der Waals surface area contributed by atoms with E-state index in [1.165, 1.54) is 4.72 Å². The van der Waals surface area contributed by atoms with Gasteiger partial charge in [0.2, 0.25) is 11.8 Å². The monoisotopic (exact) mass is 1210 g/mol. The summed E-state index contributed by atoms with van der Waals surface area (Å²) in [4.78, 5) is 45.9. The van der Waals surface area contributed by atoms with Gasteiger partial charge in [0, 0.05) is 6.92 Å². The van der Waals surface area contributed by atoms with E-state index < -0.39 is 212 Å². The van der Waals surface area contributed by atoms with Crippen LogP contribution in [0.2, 0.25) is 0 Å². The minimum Gasteiger partial charge on any atom is -0.479 e. The minimum atomic E-state index is -6.09. The summed E-state index contributed by atoms with van der Waals surface area (Å²) < 4.78 is 222. The van der Waals surface area contributed by atoms with Crippen LogP contribution >= 0.6 is 0 Å². The normalized spacial score (nSPS) is 37.0. The maximum atomic E-state index is 12.7. The lowest BCUT2D eigenvalue weighted by atomic mass is 9.94. The predicted molar refractivity (Wildman–Crippen MR) is 220 cm³/mol. The quantitative estimate of drug-likeness (QED) is 0.0353. The number of aliphatic hydroxyl groups is 6. The Morgan fingerprint density at radius 1 is 0.573 bits per heavy atom. The second kappa shape index (κ2) is 25.9. The van der Waals surface area contributed by atoms with Crippen LogP contribution in [0.25, 0.3) is 0 Å². The van der Waals surface area contributed by atoms with Crippen LogP contribution in [-0.4, -0.2) is 265 Å². The molecule has 4 aliphatic rings. The highest BCUT2D eigenvalue weighted by atomic mass is 32.3. The molecule has 4 fully saturated rings. The van der Waals surface area contributed by atoms with Crippen molar-refractivity contribution in [1.29, 1.82) is 0 Å². The number of hydrogen-bond donors (Lipinski definition) is 16. The smallest absolute Gasteiger partial charge is 0.397 e. The summed E-state index contributed by atoms with van der Waals surface area (Å²) in [7, 11) is -29.1. The highest BCUT2D eigenvalue weighted by Gasteiger charge is 2.60. The molecule has 75 heavy (non-hydrogen) atoms. The van der Waals surface area contributed by atoms with Gasteiger partial charge in [0.05, 0.1) is 13.2 Å². The van der Waals surface area contributed by atoms with Gasteiger partial charge in [-0.05, 0) is 6.08 Å². The number of aliphatic hydroxyl groups excluding tert-OH is 6. The van der Waals surface area contributed by atoms with Crippen LogP contribution in [0.15, 0.2) is 12.7 Å². The zero-order valence-corrected chi connectivity index (χ0v) is 41.0. The summed E-state index contributed by atoms with van der Waals surface area (Å²) in [6.45, 7) is 0.846.